The lowest BCUT2D eigenvalue weighted by atomic mass is 10.0. The molecule has 3 aliphatic heterocycles. The van der Waals surface area contributed by atoms with Crippen molar-refractivity contribution in [2.75, 3.05) is 27.2 Å². The smallest absolute Gasteiger partial charge is 0.351 e. The van der Waals surface area contributed by atoms with Crippen LogP contribution in [0.15, 0.2) is 0 Å². The van der Waals surface area contributed by atoms with Gasteiger partial charge < -0.3 is 10.2 Å². The molecule has 8 heteroatoms. The van der Waals surface area contributed by atoms with Gasteiger partial charge in [-0.25, -0.2) is 13.6 Å². The third-order valence-electron chi connectivity index (χ3n) is 5.13. The van der Waals surface area contributed by atoms with Crippen LogP contribution in [-0.4, -0.2) is 49.9 Å². The van der Waals surface area contributed by atoms with Crippen LogP contribution in [0.5, 0.6) is 0 Å². The number of phosphoric acid groups is 1. The Morgan fingerprint density at radius 1 is 1.00 bits per heavy atom. The average molecular weight is 404 g/mol. The van der Waals surface area contributed by atoms with Crippen LogP contribution in [-0.2, 0) is 22.9 Å². The van der Waals surface area contributed by atoms with E-state index in [1.54, 1.807) is 0 Å². The normalized spacial score (nSPS) is 29.1. The molecule has 27 heavy (non-hydrogen) atoms. The van der Waals surface area contributed by atoms with Gasteiger partial charge in [0.05, 0.1) is 0 Å². The van der Waals surface area contributed by atoms with Gasteiger partial charge in [-0.1, -0.05) is 64.7 Å². The minimum absolute atomic E-state index is 0.369. The van der Waals surface area contributed by atoms with Crippen LogP contribution in [0.3, 0.4) is 0 Å². The summed E-state index contributed by atoms with van der Waals surface area (Å²) in [5, 5.41) is 2.82. The second kappa shape index (κ2) is 10.9. The molecule has 0 aromatic carbocycles. The molecule has 3 heterocycles. The fraction of sp³-hybridized carbons (Fsp3) is 0.947. The Bertz CT molecular complexity index is 504. The van der Waals surface area contributed by atoms with Crippen LogP contribution >= 0.6 is 7.82 Å². The van der Waals surface area contributed by atoms with Gasteiger partial charge in [0, 0.05) is 6.54 Å². The van der Waals surface area contributed by atoms with Crippen molar-refractivity contribution in [2.24, 2.45) is 0 Å². The topological polar surface area (TPSA) is 77.1 Å². The van der Waals surface area contributed by atoms with Crippen LogP contribution in [0.1, 0.15) is 77.6 Å². The second-order valence-electron chi connectivity index (χ2n) is 7.92. The molecular weight excluding hydrogens is 367 g/mol. The molecule has 0 aromatic heterocycles. The number of carbonyl (C=O) groups is 1. The number of hydrogen-bond donors (Lipinski definition) is 1. The van der Waals surface area contributed by atoms with Crippen LogP contribution in [0, 0.1) is 0 Å². The number of fused-ring (bicyclic) bond motifs is 1. The Hall–Kier alpha value is -0.460. The number of rotatable bonds is 15. The van der Waals surface area contributed by atoms with Crippen molar-refractivity contribution in [3.63, 3.8) is 0 Å². The summed E-state index contributed by atoms with van der Waals surface area (Å²) in [6, 6.07) is 0. The highest BCUT2D eigenvalue weighted by Crippen LogP contribution is 2.74. The van der Waals surface area contributed by atoms with E-state index in [0.29, 0.717) is 13.0 Å². The van der Waals surface area contributed by atoms with E-state index in [0.717, 1.165) is 25.8 Å². The van der Waals surface area contributed by atoms with Crippen molar-refractivity contribution in [3.8, 4) is 0 Å². The lowest BCUT2D eigenvalue weighted by Gasteiger charge is -2.34. The molecule has 1 N–H and O–H groups in total. The fourth-order valence-corrected chi connectivity index (χ4v) is 5.28. The first-order chi connectivity index (χ1) is 12.9. The van der Waals surface area contributed by atoms with Crippen LogP contribution in [0.4, 0.5) is 0 Å². The van der Waals surface area contributed by atoms with Gasteiger partial charge in [-0.15, -0.1) is 0 Å². The van der Waals surface area contributed by atoms with Gasteiger partial charge in [-0.2, -0.15) is 0 Å². The van der Waals surface area contributed by atoms with Crippen molar-refractivity contribution in [1.29, 1.82) is 0 Å². The molecule has 1 unspecified atom stereocenters. The highest BCUT2D eigenvalue weighted by Gasteiger charge is 2.74. The van der Waals surface area contributed by atoms with Gasteiger partial charge in [-0.3, -0.25) is 9.32 Å². The largest absolute Gasteiger partial charge is 0.481 e. The van der Waals surface area contributed by atoms with Gasteiger partial charge in [0.25, 0.3) is 11.7 Å². The molecule has 0 spiro atoms. The van der Waals surface area contributed by atoms with Gasteiger partial charge in [0.2, 0.25) is 0 Å². The number of phosphoric ester groups is 1. The lowest BCUT2D eigenvalue weighted by molar-refractivity contribution is -0.196. The molecule has 1 amide bonds. The van der Waals surface area contributed by atoms with E-state index in [2.05, 4.69) is 17.1 Å². The van der Waals surface area contributed by atoms with Crippen LogP contribution in [0.2, 0.25) is 0 Å². The summed E-state index contributed by atoms with van der Waals surface area (Å²) in [4.78, 5) is 14.5. The third-order valence-corrected chi connectivity index (χ3v) is 6.63. The van der Waals surface area contributed by atoms with Crippen molar-refractivity contribution < 1.29 is 22.9 Å². The van der Waals surface area contributed by atoms with Crippen molar-refractivity contribution in [2.45, 2.75) is 89.4 Å². The molecule has 3 aliphatic rings. The van der Waals surface area contributed by atoms with Gasteiger partial charge >= 0.3 is 7.82 Å². The van der Waals surface area contributed by atoms with E-state index < -0.39 is 19.7 Å². The fourth-order valence-electron chi connectivity index (χ4n) is 3.56. The Balaban J connectivity index is 1.64. The quantitative estimate of drug-likeness (QED) is 0.325. The maximum Gasteiger partial charge on any atom is 0.481 e. The van der Waals surface area contributed by atoms with E-state index >= 15 is 0 Å². The molecule has 1 atom stereocenters. The summed E-state index contributed by atoms with van der Waals surface area (Å²) in [5.74, 6) is -1.86. The minimum atomic E-state index is -3.48. The molecule has 3 rings (SSSR count). The summed E-state index contributed by atoms with van der Waals surface area (Å²) in [5.41, 5.74) is 0. The first-order valence-corrected chi connectivity index (χ1v) is 12.0. The van der Waals surface area contributed by atoms with Crippen molar-refractivity contribution >= 4 is 13.7 Å². The number of carbonyl (C=O) groups excluding carboxylic acids is 1. The summed E-state index contributed by atoms with van der Waals surface area (Å²) in [6.45, 7) is 3.64. The van der Waals surface area contributed by atoms with Crippen LogP contribution in [0.25, 0.3) is 0 Å². The molecule has 0 aromatic rings. The number of hydrogen-bond acceptors (Lipinski definition) is 6. The molecule has 3 fully saturated rings. The zero-order valence-corrected chi connectivity index (χ0v) is 18.1. The van der Waals surface area contributed by atoms with Crippen LogP contribution < -0.4 is 5.32 Å². The molecule has 2 bridgehead atoms. The van der Waals surface area contributed by atoms with Gasteiger partial charge in [0.1, 0.15) is 6.10 Å². The number of nitrogens with zero attached hydrogens (tertiary/aromatic N) is 1. The molecular formula is C19H37N2O5P. The molecule has 158 valence electrons. The van der Waals surface area contributed by atoms with Crippen molar-refractivity contribution in [1.82, 2.24) is 10.2 Å². The predicted octanol–water partition coefficient (Wildman–Crippen LogP) is 4.23. The van der Waals surface area contributed by atoms with Gasteiger partial charge in [0.15, 0.2) is 0 Å². The minimum Gasteiger partial charge on any atom is -0.351 e. The Kier molecular flexibility index (Phi) is 9.23. The molecule has 0 saturated carbocycles. The van der Waals surface area contributed by atoms with E-state index in [1.807, 2.05) is 14.1 Å². The second-order valence-corrected chi connectivity index (χ2v) is 9.39. The van der Waals surface area contributed by atoms with E-state index in [-0.39, 0.29) is 5.91 Å². The highest BCUT2D eigenvalue weighted by molar-refractivity contribution is 7.50. The Morgan fingerprint density at radius 3 is 2.19 bits per heavy atom. The maximum absolute atomic E-state index is 12.5. The van der Waals surface area contributed by atoms with E-state index in [1.165, 1.54) is 44.9 Å². The number of unbranched alkanes of at least 4 members (excludes halogenated alkanes) is 8. The Morgan fingerprint density at radius 2 is 1.59 bits per heavy atom. The Labute approximate surface area is 164 Å². The zero-order valence-electron chi connectivity index (χ0n) is 17.2. The SMILES string of the molecule is CCCCCCCCCCCC1OP2(=O)OC1(C(=O)NCCCN(C)C)O2. The van der Waals surface area contributed by atoms with E-state index in [4.69, 9.17) is 13.6 Å². The summed E-state index contributed by atoms with van der Waals surface area (Å²) in [7, 11) is 0.498. The molecule has 0 radical (unpaired) electrons. The van der Waals surface area contributed by atoms with Crippen molar-refractivity contribution in [3.05, 3.63) is 0 Å². The predicted molar refractivity (Wildman–Crippen MR) is 105 cm³/mol. The molecule has 0 aliphatic carbocycles. The highest BCUT2D eigenvalue weighted by atomic mass is 31.2. The first-order valence-electron chi connectivity index (χ1n) is 10.5. The lowest BCUT2D eigenvalue weighted by Crippen LogP contribution is -2.57. The summed E-state index contributed by atoms with van der Waals surface area (Å²) in [6.07, 6.45) is 11.9. The molecule has 3 saturated heterocycles. The first kappa shape index (κ1) is 22.8. The third kappa shape index (κ3) is 6.53. The summed E-state index contributed by atoms with van der Waals surface area (Å²) < 4.78 is 28.0. The van der Waals surface area contributed by atoms with Gasteiger partial charge in [-0.05, 0) is 33.5 Å². The maximum atomic E-state index is 12.5. The zero-order chi connectivity index (χ0) is 19.8. The standard InChI is InChI=1S/C19H37N2O5P/c1-4-5-6-7-8-9-10-11-12-14-17-19(25-27(23,24-17)26-19)18(22)20-15-13-16-21(2)3/h17H,4-16H2,1-3H3,(H,20,22). The molecule has 7 nitrogen and oxygen atoms in total. The van der Waals surface area contributed by atoms with E-state index in [9.17, 15) is 9.36 Å². The average Bonchev–Trinajstić information content (AvgIpc) is 3.05. The number of nitrogens with one attached hydrogen (secondary N) is 1. The summed E-state index contributed by atoms with van der Waals surface area (Å²) >= 11 is 0. The monoisotopic (exact) mass is 404 g/mol. The number of amides is 1.